The van der Waals surface area contributed by atoms with Crippen molar-refractivity contribution in [3.05, 3.63) is 16.9 Å². The first-order valence-electron chi connectivity index (χ1n) is 4.54. The van der Waals surface area contributed by atoms with E-state index in [1.807, 2.05) is 18.5 Å². The minimum absolute atomic E-state index is 0.0968. The summed E-state index contributed by atoms with van der Waals surface area (Å²) in [6, 6.07) is 0.0968. The smallest absolute Gasteiger partial charge is 0.0821 e. The molecule has 0 aromatic carbocycles. The third-order valence-corrected chi connectivity index (χ3v) is 2.64. The SMILES string of the molecule is CCn1ncc(Cl)c1C(C)C(C)N. The molecule has 2 N–H and O–H groups in total. The summed E-state index contributed by atoms with van der Waals surface area (Å²) in [5, 5.41) is 4.88. The highest BCUT2D eigenvalue weighted by atomic mass is 35.5. The standard InChI is InChI=1S/C9H16ClN3/c1-4-13-9(6(2)7(3)11)8(10)5-12-13/h5-7H,4,11H2,1-3H3. The van der Waals surface area contributed by atoms with Crippen molar-refractivity contribution in [2.24, 2.45) is 5.73 Å². The number of nitrogens with zero attached hydrogens (tertiary/aromatic N) is 2. The first-order valence-corrected chi connectivity index (χ1v) is 4.92. The lowest BCUT2D eigenvalue weighted by molar-refractivity contribution is 0.532. The van der Waals surface area contributed by atoms with Crippen LogP contribution in [0.4, 0.5) is 0 Å². The van der Waals surface area contributed by atoms with Crippen LogP contribution < -0.4 is 5.73 Å². The van der Waals surface area contributed by atoms with Crippen LogP contribution in [0.25, 0.3) is 0 Å². The van der Waals surface area contributed by atoms with E-state index in [9.17, 15) is 0 Å². The number of halogens is 1. The van der Waals surface area contributed by atoms with E-state index >= 15 is 0 Å². The molecular formula is C9H16ClN3. The zero-order chi connectivity index (χ0) is 10.0. The summed E-state index contributed by atoms with van der Waals surface area (Å²) >= 11 is 6.02. The first-order chi connectivity index (χ1) is 6.07. The molecule has 0 saturated heterocycles. The predicted octanol–water partition coefficient (Wildman–Crippen LogP) is 2.01. The molecular weight excluding hydrogens is 186 g/mol. The average molecular weight is 202 g/mol. The highest BCUT2D eigenvalue weighted by Crippen LogP contribution is 2.25. The third-order valence-electron chi connectivity index (χ3n) is 2.35. The van der Waals surface area contributed by atoms with Gasteiger partial charge in [0.05, 0.1) is 16.9 Å². The molecule has 3 nitrogen and oxygen atoms in total. The lowest BCUT2D eigenvalue weighted by atomic mass is 10.0. The van der Waals surface area contributed by atoms with Crippen LogP contribution in [0.1, 0.15) is 32.4 Å². The quantitative estimate of drug-likeness (QED) is 0.813. The van der Waals surface area contributed by atoms with Gasteiger partial charge in [0.15, 0.2) is 0 Å². The Kier molecular flexibility index (Phi) is 3.33. The van der Waals surface area contributed by atoms with Crippen LogP contribution in [-0.4, -0.2) is 15.8 Å². The van der Waals surface area contributed by atoms with E-state index < -0.39 is 0 Å². The molecule has 0 amide bonds. The van der Waals surface area contributed by atoms with E-state index in [-0.39, 0.29) is 12.0 Å². The molecule has 0 bridgehead atoms. The van der Waals surface area contributed by atoms with Crippen molar-refractivity contribution in [2.75, 3.05) is 0 Å². The van der Waals surface area contributed by atoms with Crippen LogP contribution in [0.2, 0.25) is 5.02 Å². The van der Waals surface area contributed by atoms with Crippen molar-refractivity contribution in [3.63, 3.8) is 0 Å². The van der Waals surface area contributed by atoms with Gasteiger partial charge in [0.1, 0.15) is 0 Å². The lowest BCUT2D eigenvalue weighted by Crippen LogP contribution is -2.24. The Balaban J connectivity index is 3.03. The van der Waals surface area contributed by atoms with Crippen molar-refractivity contribution in [2.45, 2.75) is 39.3 Å². The second-order valence-corrected chi connectivity index (χ2v) is 3.75. The van der Waals surface area contributed by atoms with E-state index in [0.717, 1.165) is 12.2 Å². The molecule has 13 heavy (non-hydrogen) atoms. The maximum atomic E-state index is 6.02. The maximum Gasteiger partial charge on any atom is 0.0821 e. The molecule has 1 aromatic rings. The van der Waals surface area contributed by atoms with Crippen LogP contribution in [0.5, 0.6) is 0 Å². The molecule has 0 aliphatic rings. The number of hydrogen-bond acceptors (Lipinski definition) is 2. The number of rotatable bonds is 3. The molecule has 0 saturated carbocycles. The van der Waals surface area contributed by atoms with Crippen molar-refractivity contribution in [1.29, 1.82) is 0 Å². The van der Waals surface area contributed by atoms with E-state index in [0.29, 0.717) is 5.02 Å². The van der Waals surface area contributed by atoms with Crippen LogP contribution in [0.15, 0.2) is 6.20 Å². The fourth-order valence-corrected chi connectivity index (χ4v) is 1.64. The molecule has 1 rings (SSSR count). The Labute approximate surface area is 83.9 Å². The van der Waals surface area contributed by atoms with Gasteiger partial charge in [-0.25, -0.2) is 0 Å². The molecule has 0 fully saturated rings. The van der Waals surface area contributed by atoms with Gasteiger partial charge in [0.25, 0.3) is 0 Å². The molecule has 2 atom stereocenters. The van der Waals surface area contributed by atoms with Crippen molar-refractivity contribution in [3.8, 4) is 0 Å². The molecule has 1 aromatic heterocycles. The summed E-state index contributed by atoms with van der Waals surface area (Å²) in [5.74, 6) is 0.245. The zero-order valence-electron chi connectivity index (χ0n) is 8.29. The lowest BCUT2D eigenvalue weighted by Gasteiger charge is -2.17. The minimum Gasteiger partial charge on any atom is -0.327 e. The second-order valence-electron chi connectivity index (χ2n) is 3.34. The van der Waals surface area contributed by atoms with Gasteiger partial charge in [-0.05, 0) is 13.8 Å². The summed E-state index contributed by atoms with van der Waals surface area (Å²) in [7, 11) is 0. The van der Waals surface area contributed by atoms with Crippen molar-refractivity contribution >= 4 is 11.6 Å². The van der Waals surface area contributed by atoms with Crippen LogP contribution in [-0.2, 0) is 6.54 Å². The largest absolute Gasteiger partial charge is 0.327 e. The summed E-state index contributed by atoms with van der Waals surface area (Å²) < 4.78 is 1.90. The highest BCUT2D eigenvalue weighted by molar-refractivity contribution is 6.31. The van der Waals surface area contributed by atoms with Gasteiger partial charge in [0.2, 0.25) is 0 Å². The van der Waals surface area contributed by atoms with Gasteiger partial charge >= 0.3 is 0 Å². The zero-order valence-corrected chi connectivity index (χ0v) is 9.04. The van der Waals surface area contributed by atoms with Gasteiger partial charge in [0, 0.05) is 18.5 Å². The number of hydrogen-bond donors (Lipinski definition) is 1. The number of nitrogens with two attached hydrogens (primary N) is 1. The normalized spacial score (nSPS) is 15.8. The predicted molar refractivity (Wildman–Crippen MR) is 55.0 cm³/mol. The van der Waals surface area contributed by atoms with E-state index in [1.54, 1.807) is 6.20 Å². The highest BCUT2D eigenvalue weighted by Gasteiger charge is 2.18. The molecule has 2 unspecified atom stereocenters. The van der Waals surface area contributed by atoms with Gasteiger partial charge in [-0.2, -0.15) is 5.10 Å². The fraction of sp³-hybridized carbons (Fsp3) is 0.667. The van der Waals surface area contributed by atoms with Crippen LogP contribution in [0, 0.1) is 0 Å². The van der Waals surface area contributed by atoms with E-state index in [4.69, 9.17) is 17.3 Å². The van der Waals surface area contributed by atoms with Crippen LogP contribution in [0.3, 0.4) is 0 Å². The maximum absolute atomic E-state index is 6.02. The summed E-state index contributed by atoms with van der Waals surface area (Å²) in [5.41, 5.74) is 6.86. The molecule has 1 heterocycles. The summed E-state index contributed by atoms with van der Waals surface area (Å²) in [6.07, 6.45) is 1.68. The van der Waals surface area contributed by atoms with E-state index in [1.165, 1.54) is 0 Å². The fourth-order valence-electron chi connectivity index (χ4n) is 1.33. The average Bonchev–Trinajstić information content (AvgIpc) is 2.45. The second kappa shape index (κ2) is 4.11. The Bertz CT molecular complexity index is 280. The Morgan fingerprint density at radius 1 is 1.62 bits per heavy atom. The minimum atomic E-state index is 0.0968. The van der Waals surface area contributed by atoms with Crippen LogP contribution >= 0.6 is 11.6 Å². The van der Waals surface area contributed by atoms with Gasteiger partial charge in [-0.3, -0.25) is 4.68 Å². The van der Waals surface area contributed by atoms with E-state index in [2.05, 4.69) is 12.0 Å². The van der Waals surface area contributed by atoms with Gasteiger partial charge < -0.3 is 5.73 Å². The first kappa shape index (κ1) is 10.5. The van der Waals surface area contributed by atoms with Crippen molar-refractivity contribution < 1.29 is 0 Å². The van der Waals surface area contributed by atoms with Crippen molar-refractivity contribution in [1.82, 2.24) is 9.78 Å². The monoisotopic (exact) mass is 201 g/mol. The number of aromatic nitrogens is 2. The molecule has 4 heteroatoms. The topological polar surface area (TPSA) is 43.8 Å². The molecule has 0 radical (unpaired) electrons. The number of aryl methyl sites for hydroxylation is 1. The van der Waals surface area contributed by atoms with Gasteiger partial charge in [-0.15, -0.1) is 0 Å². The van der Waals surface area contributed by atoms with Gasteiger partial charge in [-0.1, -0.05) is 18.5 Å². The Morgan fingerprint density at radius 3 is 2.69 bits per heavy atom. The Morgan fingerprint density at radius 2 is 2.23 bits per heavy atom. The Hall–Kier alpha value is -0.540. The molecule has 0 aliphatic heterocycles. The summed E-state index contributed by atoms with van der Waals surface area (Å²) in [4.78, 5) is 0. The third kappa shape index (κ3) is 2.03. The molecule has 0 spiro atoms. The molecule has 0 aliphatic carbocycles. The summed E-state index contributed by atoms with van der Waals surface area (Å²) in [6.45, 7) is 6.92. The molecule has 74 valence electrons.